The first-order valence-corrected chi connectivity index (χ1v) is 5.31. The SMILES string of the molecule is COc1ncc(CC#N)c(OC(F)(F)F)c1I. The van der Waals surface area contributed by atoms with E-state index in [-0.39, 0.29) is 21.4 Å². The van der Waals surface area contributed by atoms with E-state index in [0.717, 1.165) is 6.20 Å². The summed E-state index contributed by atoms with van der Waals surface area (Å²) in [5.74, 6) is -0.418. The lowest BCUT2D eigenvalue weighted by Crippen LogP contribution is -2.19. The zero-order chi connectivity index (χ0) is 13.1. The molecule has 1 aromatic rings. The van der Waals surface area contributed by atoms with E-state index in [1.807, 2.05) is 0 Å². The van der Waals surface area contributed by atoms with Crippen molar-refractivity contribution < 1.29 is 22.6 Å². The van der Waals surface area contributed by atoms with Crippen LogP contribution in [-0.2, 0) is 6.42 Å². The number of hydrogen-bond acceptors (Lipinski definition) is 4. The zero-order valence-electron chi connectivity index (χ0n) is 8.51. The lowest BCUT2D eigenvalue weighted by molar-refractivity contribution is -0.275. The van der Waals surface area contributed by atoms with Gasteiger partial charge in [-0.3, -0.25) is 0 Å². The van der Waals surface area contributed by atoms with Gasteiger partial charge >= 0.3 is 6.36 Å². The average Bonchev–Trinajstić information content (AvgIpc) is 2.22. The van der Waals surface area contributed by atoms with Crippen LogP contribution in [0.1, 0.15) is 5.56 Å². The second kappa shape index (κ2) is 5.39. The van der Waals surface area contributed by atoms with Crippen LogP contribution in [-0.4, -0.2) is 18.5 Å². The number of rotatable bonds is 3. The highest BCUT2D eigenvalue weighted by molar-refractivity contribution is 14.1. The largest absolute Gasteiger partial charge is 0.573 e. The standard InChI is InChI=1S/C9H6F3IN2O2/c1-16-8-6(13)7(17-9(10,11)12)5(2-3-14)4-15-8/h4H,2H2,1H3. The van der Waals surface area contributed by atoms with Crippen molar-refractivity contribution in [1.29, 1.82) is 5.26 Å². The molecule has 1 aromatic heterocycles. The number of nitrogens with zero attached hydrogens (tertiary/aromatic N) is 2. The van der Waals surface area contributed by atoms with Crippen LogP contribution in [0.15, 0.2) is 6.20 Å². The fraction of sp³-hybridized carbons (Fsp3) is 0.333. The summed E-state index contributed by atoms with van der Waals surface area (Å²) in [5.41, 5.74) is 0.0648. The van der Waals surface area contributed by atoms with Gasteiger partial charge in [0.25, 0.3) is 0 Å². The minimum Gasteiger partial charge on any atom is -0.480 e. The number of pyridine rings is 1. The Morgan fingerprint density at radius 1 is 1.53 bits per heavy atom. The van der Waals surface area contributed by atoms with Crippen LogP contribution >= 0.6 is 22.6 Å². The molecule has 0 spiro atoms. The molecule has 0 atom stereocenters. The van der Waals surface area contributed by atoms with Crippen LogP contribution in [0.5, 0.6) is 11.6 Å². The van der Waals surface area contributed by atoms with Gasteiger partial charge in [0.2, 0.25) is 5.88 Å². The van der Waals surface area contributed by atoms with Crippen LogP contribution in [0.25, 0.3) is 0 Å². The Hall–Kier alpha value is -1.24. The van der Waals surface area contributed by atoms with Gasteiger partial charge in [0.05, 0.1) is 19.6 Å². The second-order valence-electron chi connectivity index (χ2n) is 2.82. The van der Waals surface area contributed by atoms with Gasteiger partial charge in [-0.15, -0.1) is 13.2 Å². The molecule has 8 heteroatoms. The molecule has 0 saturated carbocycles. The predicted molar refractivity (Wildman–Crippen MR) is 59.5 cm³/mol. The van der Waals surface area contributed by atoms with Crippen molar-refractivity contribution in [3.8, 4) is 17.7 Å². The second-order valence-corrected chi connectivity index (χ2v) is 3.90. The van der Waals surface area contributed by atoms with Crippen molar-refractivity contribution in [2.24, 2.45) is 0 Å². The molecular formula is C9H6F3IN2O2. The van der Waals surface area contributed by atoms with Crippen LogP contribution in [0.4, 0.5) is 13.2 Å². The first-order valence-electron chi connectivity index (χ1n) is 4.23. The Labute approximate surface area is 108 Å². The molecular weight excluding hydrogens is 352 g/mol. The highest BCUT2D eigenvalue weighted by Crippen LogP contribution is 2.35. The van der Waals surface area contributed by atoms with E-state index in [1.165, 1.54) is 7.11 Å². The summed E-state index contributed by atoms with van der Waals surface area (Å²) in [6.45, 7) is 0. The van der Waals surface area contributed by atoms with Crippen molar-refractivity contribution >= 4 is 22.6 Å². The summed E-state index contributed by atoms with van der Waals surface area (Å²) in [4.78, 5) is 3.78. The summed E-state index contributed by atoms with van der Waals surface area (Å²) < 4.78 is 45.4. The summed E-state index contributed by atoms with van der Waals surface area (Å²) in [6, 6.07) is 1.74. The molecule has 0 amide bonds. The fourth-order valence-corrected chi connectivity index (χ4v) is 1.89. The molecule has 0 aliphatic carbocycles. The monoisotopic (exact) mass is 358 g/mol. The summed E-state index contributed by atoms with van der Waals surface area (Å²) in [7, 11) is 1.28. The number of methoxy groups -OCH3 is 1. The maximum atomic E-state index is 12.2. The Balaban J connectivity index is 3.25. The fourth-order valence-electron chi connectivity index (χ4n) is 1.07. The van der Waals surface area contributed by atoms with Crippen LogP contribution in [0.2, 0.25) is 0 Å². The molecule has 17 heavy (non-hydrogen) atoms. The smallest absolute Gasteiger partial charge is 0.480 e. The lowest BCUT2D eigenvalue weighted by Gasteiger charge is -2.14. The van der Waals surface area contributed by atoms with Gasteiger partial charge in [-0.1, -0.05) is 0 Å². The topological polar surface area (TPSA) is 55.1 Å². The minimum atomic E-state index is -4.82. The Kier molecular flexibility index (Phi) is 4.39. The quantitative estimate of drug-likeness (QED) is 0.780. The highest BCUT2D eigenvalue weighted by atomic mass is 127. The first kappa shape index (κ1) is 13.8. The zero-order valence-corrected chi connectivity index (χ0v) is 10.7. The van der Waals surface area contributed by atoms with E-state index < -0.39 is 12.1 Å². The van der Waals surface area contributed by atoms with Gasteiger partial charge in [-0.05, 0) is 22.6 Å². The van der Waals surface area contributed by atoms with Gasteiger partial charge in [-0.25, -0.2) is 4.98 Å². The van der Waals surface area contributed by atoms with Crippen LogP contribution < -0.4 is 9.47 Å². The lowest BCUT2D eigenvalue weighted by atomic mass is 10.2. The van der Waals surface area contributed by atoms with Crippen molar-refractivity contribution in [3.05, 3.63) is 15.3 Å². The molecule has 0 aliphatic rings. The summed E-state index contributed by atoms with van der Waals surface area (Å²) in [6.07, 6.45) is -3.92. The normalized spacial score (nSPS) is 10.8. The van der Waals surface area contributed by atoms with Crippen LogP contribution in [0.3, 0.4) is 0 Å². The van der Waals surface area contributed by atoms with E-state index in [9.17, 15) is 13.2 Å². The van der Waals surface area contributed by atoms with Crippen molar-refractivity contribution in [1.82, 2.24) is 4.98 Å². The van der Waals surface area contributed by atoms with E-state index in [0.29, 0.717) is 0 Å². The average molecular weight is 358 g/mol. The molecule has 0 aromatic carbocycles. The number of hydrogen-bond donors (Lipinski definition) is 0. The Morgan fingerprint density at radius 2 is 2.18 bits per heavy atom. The number of ether oxygens (including phenoxy) is 2. The van der Waals surface area contributed by atoms with Gasteiger partial charge in [-0.2, -0.15) is 5.26 Å². The van der Waals surface area contributed by atoms with Gasteiger partial charge < -0.3 is 9.47 Å². The molecule has 1 heterocycles. The molecule has 92 valence electrons. The number of alkyl halides is 3. The molecule has 4 nitrogen and oxygen atoms in total. The Morgan fingerprint density at radius 3 is 2.65 bits per heavy atom. The van der Waals surface area contributed by atoms with Crippen molar-refractivity contribution in [2.45, 2.75) is 12.8 Å². The van der Waals surface area contributed by atoms with E-state index in [2.05, 4.69) is 9.72 Å². The molecule has 0 radical (unpaired) electrons. The third-order valence-corrected chi connectivity index (χ3v) is 2.65. The number of nitriles is 1. The van der Waals surface area contributed by atoms with Gasteiger partial charge in [0, 0.05) is 11.8 Å². The molecule has 0 saturated heterocycles. The third-order valence-electron chi connectivity index (χ3n) is 1.70. The van der Waals surface area contributed by atoms with Crippen molar-refractivity contribution in [3.63, 3.8) is 0 Å². The maximum Gasteiger partial charge on any atom is 0.573 e. The van der Waals surface area contributed by atoms with Crippen LogP contribution in [0, 0.1) is 14.9 Å². The van der Waals surface area contributed by atoms with Gasteiger partial charge in [0.15, 0.2) is 5.75 Å². The molecule has 1 rings (SSSR count). The third kappa shape index (κ3) is 3.62. The maximum absolute atomic E-state index is 12.2. The van der Waals surface area contributed by atoms with E-state index in [4.69, 9.17) is 10.00 Å². The molecule has 0 aliphatic heterocycles. The molecule has 0 fully saturated rings. The first-order chi connectivity index (χ1) is 7.89. The molecule has 0 N–H and O–H groups in total. The number of aromatic nitrogens is 1. The van der Waals surface area contributed by atoms with Crippen molar-refractivity contribution in [2.75, 3.05) is 7.11 Å². The van der Waals surface area contributed by atoms with E-state index in [1.54, 1.807) is 28.7 Å². The van der Waals surface area contributed by atoms with E-state index >= 15 is 0 Å². The minimum absolute atomic E-state index is 0.0199. The predicted octanol–water partition coefficient (Wildman–Crippen LogP) is 2.66. The molecule has 0 bridgehead atoms. The highest BCUT2D eigenvalue weighted by Gasteiger charge is 2.34. The van der Waals surface area contributed by atoms with Gasteiger partial charge in [0.1, 0.15) is 3.57 Å². The molecule has 0 unspecified atom stereocenters. The Bertz CT molecular complexity index is 457. The summed E-state index contributed by atoms with van der Waals surface area (Å²) in [5, 5.41) is 8.51. The summed E-state index contributed by atoms with van der Waals surface area (Å²) >= 11 is 1.62. The number of halogens is 4.